The Morgan fingerprint density at radius 1 is 0.455 bits per heavy atom. The lowest BCUT2D eigenvalue weighted by molar-refractivity contribution is -0.00100. The van der Waals surface area contributed by atoms with Gasteiger partial charge < -0.3 is 34.0 Å². The number of hydrogen-bond donors (Lipinski definition) is 0. The van der Waals surface area contributed by atoms with E-state index in [0.717, 1.165) is 23.7 Å². The Hall–Kier alpha value is 1.82. The smallest absolute Gasteiger partial charge is 0.0905 e. The third-order valence-corrected chi connectivity index (χ3v) is 11.6. The van der Waals surface area contributed by atoms with E-state index in [1.165, 1.54) is 0 Å². The zero-order chi connectivity index (χ0) is 15.7. The molecule has 0 amide bonds. The number of rotatable bonds is 11. The molecule has 0 radical (unpaired) electrons. The highest BCUT2D eigenvalue weighted by atomic mass is 79.9. The van der Waals surface area contributed by atoms with Gasteiger partial charge in [0.25, 0.3) is 0 Å². The molecule has 0 unspecified atom stereocenters. The van der Waals surface area contributed by atoms with Gasteiger partial charge in [-0.25, -0.2) is 0 Å². The maximum Gasteiger partial charge on any atom is 0.0905 e. The lowest BCUT2D eigenvalue weighted by Gasteiger charge is -2.18. The van der Waals surface area contributed by atoms with Crippen molar-refractivity contribution in [3.63, 3.8) is 0 Å². The van der Waals surface area contributed by atoms with Crippen LogP contribution in [0.1, 0.15) is 55.4 Å². The zero-order valence-corrected chi connectivity index (χ0v) is 21.5. The van der Waals surface area contributed by atoms with Crippen LogP contribution in [-0.4, -0.2) is 37.0 Å². The van der Waals surface area contributed by atoms with Crippen molar-refractivity contribution in [2.24, 2.45) is 23.7 Å². The first-order valence-corrected chi connectivity index (χ1v) is 13.1. The highest BCUT2D eigenvalue weighted by Gasteiger charge is 2.25. The van der Waals surface area contributed by atoms with E-state index in [1.807, 2.05) is 0 Å². The highest BCUT2D eigenvalue weighted by Crippen LogP contribution is 2.46. The predicted molar refractivity (Wildman–Crippen MR) is 105 cm³/mol. The van der Waals surface area contributed by atoms with Gasteiger partial charge in [-0.2, -0.15) is 0 Å². The Balaban J connectivity index is -0.00000180. The van der Waals surface area contributed by atoms with Crippen LogP contribution in [0.25, 0.3) is 0 Å². The molecule has 0 spiro atoms. The molecule has 0 aromatic rings. The minimum Gasteiger partial charge on any atom is -1.00 e. The van der Waals surface area contributed by atoms with Crippen molar-refractivity contribution < 1.29 is 34.0 Å². The van der Waals surface area contributed by atoms with Gasteiger partial charge in [0.05, 0.1) is 37.0 Å². The molecule has 0 N–H and O–H groups in total. The Kier molecular flexibility index (Phi) is 21.2. The van der Waals surface area contributed by atoms with E-state index in [1.54, 1.807) is 37.0 Å². The molecule has 4 heteroatoms. The fourth-order valence-corrected chi connectivity index (χ4v) is 11.8. The molecule has 0 bridgehead atoms. The molecule has 138 valence electrons. The molecule has 0 saturated carbocycles. The first-order valence-electron chi connectivity index (χ1n) is 8.87. The quantitative estimate of drug-likeness (QED) is 0.367. The molecule has 0 aromatic heterocycles. The minimum atomic E-state index is -0.0837. The lowest BCUT2D eigenvalue weighted by Crippen LogP contribution is -3.00. The Morgan fingerprint density at radius 3 is 0.773 bits per heavy atom. The number of halogens is 2. The van der Waals surface area contributed by atoms with Crippen LogP contribution >= 0.6 is 15.8 Å². The third kappa shape index (κ3) is 18.2. The van der Waals surface area contributed by atoms with Gasteiger partial charge in [0.1, 0.15) is 0 Å². The predicted octanol–water partition coefficient (Wildman–Crippen LogP) is 0.0468. The molecular weight excluding hydrogens is 438 g/mol. The van der Waals surface area contributed by atoms with E-state index >= 15 is 0 Å². The van der Waals surface area contributed by atoms with Gasteiger partial charge in [0.2, 0.25) is 0 Å². The average molecular weight is 480 g/mol. The fraction of sp³-hybridized carbons (Fsp3) is 1.00. The summed E-state index contributed by atoms with van der Waals surface area (Å²) >= 11 is 0. The van der Waals surface area contributed by atoms with Gasteiger partial charge in [-0.1, -0.05) is 55.4 Å². The van der Waals surface area contributed by atoms with Crippen LogP contribution in [0.4, 0.5) is 0 Å². The zero-order valence-electron chi connectivity index (χ0n) is 16.3. The molecule has 0 rings (SSSR count). The van der Waals surface area contributed by atoms with Gasteiger partial charge in [0, 0.05) is 15.8 Å². The van der Waals surface area contributed by atoms with E-state index < -0.39 is 0 Å². The van der Waals surface area contributed by atoms with Crippen LogP contribution in [0, 0.1) is 23.7 Å². The number of hydrogen-bond acceptors (Lipinski definition) is 0. The van der Waals surface area contributed by atoms with E-state index in [0.29, 0.717) is 0 Å². The molecule has 0 fully saturated rings. The molecular formula is C18H42Br2P2. The van der Waals surface area contributed by atoms with Crippen molar-refractivity contribution >= 4 is 15.8 Å². The van der Waals surface area contributed by atoms with E-state index in [-0.39, 0.29) is 49.8 Å². The molecule has 0 aromatic carbocycles. The lowest BCUT2D eigenvalue weighted by atomic mass is 10.3. The van der Waals surface area contributed by atoms with E-state index in [4.69, 9.17) is 0 Å². The Bertz CT molecular complexity index is 187. The van der Waals surface area contributed by atoms with Crippen molar-refractivity contribution in [1.29, 1.82) is 0 Å². The van der Waals surface area contributed by atoms with Crippen molar-refractivity contribution in [3.8, 4) is 0 Å². The summed E-state index contributed by atoms with van der Waals surface area (Å²) in [5, 5.41) is 0. The van der Waals surface area contributed by atoms with Gasteiger partial charge in [0.15, 0.2) is 0 Å². The summed E-state index contributed by atoms with van der Waals surface area (Å²) in [5.41, 5.74) is 0. The standard InChI is InChI=1S/C18H40P2.2BrH/c1-15(2)11-19(12-16(3)4)9-10-20(13-17(5)6)14-18(7)8;;/h15-18H,9-14H2,1-8H3;2*1H. The molecule has 0 aliphatic carbocycles. The van der Waals surface area contributed by atoms with Gasteiger partial charge in [-0.15, -0.1) is 0 Å². The molecule has 0 aliphatic rings. The maximum absolute atomic E-state index is 2.42. The summed E-state index contributed by atoms with van der Waals surface area (Å²) in [6.45, 7) is 19.3. The molecule has 0 heterocycles. The summed E-state index contributed by atoms with van der Waals surface area (Å²) in [6, 6.07) is 0. The first-order chi connectivity index (χ1) is 9.20. The summed E-state index contributed by atoms with van der Waals surface area (Å²) in [5.74, 6) is 3.64. The van der Waals surface area contributed by atoms with Gasteiger partial charge >= 0.3 is 0 Å². The SMILES string of the molecule is CC(C)C[PH+](CC[PH+](CC(C)C)CC(C)C)CC(C)C.[Br-].[Br-]. The Morgan fingerprint density at radius 2 is 0.636 bits per heavy atom. The van der Waals surface area contributed by atoms with Gasteiger partial charge in [-0.3, -0.25) is 0 Å². The molecule has 0 aliphatic heterocycles. The van der Waals surface area contributed by atoms with Gasteiger partial charge in [-0.05, 0) is 23.7 Å². The second-order valence-electron chi connectivity index (χ2n) is 8.39. The normalized spacial score (nSPS) is 11.7. The second kappa shape index (κ2) is 16.3. The largest absolute Gasteiger partial charge is 1.00 e. The topological polar surface area (TPSA) is 0 Å². The van der Waals surface area contributed by atoms with Crippen LogP contribution in [0.5, 0.6) is 0 Å². The Labute approximate surface area is 165 Å². The van der Waals surface area contributed by atoms with E-state index in [9.17, 15) is 0 Å². The first kappa shape index (κ1) is 28.6. The van der Waals surface area contributed by atoms with Crippen molar-refractivity contribution in [1.82, 2.24) is 0 Å². The summed E-state index contributed by atoms with van der Waals surface area (Å²) in [6.07, 6.45) is 9.38. The highest BCUT2D eigenvalue weighted by molar-refractivity contribution is 7.61. The fourth-order valence-electron chi connectivity index (χ4n) is 3.24. The van der Waals surface area contributed by atoms with Crippen molar-refractivity contribution in [2.75, 3.05) is 37.0 Å². The average Bonchev–Trinajstić information content (AvgIpc) is 2.22. The minimum absolute atomic E-state index is 0. The second-order valence-corrected chi connectivity index (χ2v) is 14.0. The van der Waals surface area contributed by atoms with E-state index in [2.05, 4.69) is 55.4 Å². The maximum atomic E-state index is 2.42. The van der Waals surface area contributed by atoms with Crippen LogP contribution in [-0.2, 0) is 0 Å². The molecule has 0 nitrogen and oxygen atoms in total. The van der Waals surface area contributed by atoms with Crippen LogP contribution < -0.4 is 34.0 Å². The molecule has 0 saturated heterocycles. The van der Waals surface area contributed by atoms with Crippen LogP contribution in [0.3, 0.4) is 0 Å². The van der Waals surface area contributed by atoms with Crippen molar-refractivity contribution in [3.05, 3.63) is 0 Å². The summed E-state index contributed by atoms with van der Waals surface area (Å²) < 4.78 is 0. The summed E-state index contributed by atoms with van der Waals surface area (Å²) in [4.78, 5) is 0. The molecule has 22 heavy (non-hydrogen) atoms. The van der Waals surface area contributed by atoms with Crippen LogP contribution in [0.15, 0.2) is 0 Å². The third-order valence-electron chi connectivity index (χ3n) is 3.62. The molecule has 0 atom stereocenters. The van der Waals surface area contributed by atoms with Crippen molar-refractivity contribution in [2.45, 2.75) is 55.4 Å². The monoisotopic (exact) mass is 478 g/mol. The van der Waals surface area contributed by atoms with Crippen LogP contribution in [0.2, 0.25) is 0 Å². The summed E-state index contributed by atoms with van der Waals surface area (Å²) in [7, 11) is -0.167.